The van der Waals surface area contributed by atoms with Crippen LogP contribution in [0.1, 0.15) is 32.7 Å². The lowest BCUT2D eigenvalue weighted by Crippen LogP contribution is -2.12. The summed E-state index contributed by atoms with van der Waals surface area (Å²) in [6.45, 7) is 6.47. The monoisotopic (exact) mass is 278 g/mol. The zero-order valence-electron chi connectivity index (χ0n) is 11.7. The van der Waals surface area contributed by atoms with Gasteiger partial charge in [0.1, 0.15) is 17.6 Å². The van der Waals surface area contributed by atoms with Crippen LogP contribution in [0.5, 0.6) is 11.5 Å². The van der Waals surface area contributed by atoms with Gasteiger partial charge < -0.3 is 19.5 Å². The fourth-order valence-electron chi connectivity index (χ4n) is 1.91. The summed E-state index contributed by atoms with van der Waals surface area (Å²) in [6, 6.07) is 4.19. The molecule has 20 heavy (non-hydrogen) atoms. The highest BCUT2D eigenvalue weighted by molar-refractivity contribution is 5.63. The lowest BCUT2D eigenvalue weighted by atomic mass is 10.1. The van der Waals surface area contributed by atoms with Crippen LogP contribution in [0.15, 0.2) is 22.7 Å². The van der Waals surface area contributed by atoms with E-state index in [4.69, 9.17) is 9.26 Å². The fraction of sp³-hybridized carbons (Fsp3) is 0.429. The van der Waals surface area contributed by atoms with Crippen LogP contribution in [0, 0.1) is 5.92 Å². The summed E-state index contributed by atoms with van der Waals surface area (Å²) < 4.78 is 10.8. The maximum Gasteiger partial charge on any atom is 0.261 e. The van der Waals surface area contributed by atoms with Gasteiger partial charge in [-0.1, -0.05) is 19.0 Å². The zero-order valence-corrected chi connectivity index (χ0v) is 11.7. The fourth-order valence-corrected chi connectivity index (χ4v) is 1.91. The molecular weight excluding hydrogens is 260 g/mol. The van der Waals surface area contributed by atoms with Crippen molar-refractivity contribution in [2.75, 3.05) is 6.61 Å². The quantitative estimate of drug-likeness (QED) is 0.874. The van der Waals surface area contributed by atoms with Crippen molar-refractivity contribution in [3.8, 4) is 23.0 Å². The van der Waals surface area contributed by atoms with Gasteiger partial charge in [-0.2, -0.15) is 4.98 Å². The molecule has 2 aromatic rings. The summed E-state index contributed by atoms with van der Waals surface area (Å²) >= 11 is 0. The number of ether oxygens (including phenoxy) is 1. The Morgan fingerprint density at radius 3 is 2.65 bits per heavy atom. The molecule has 1 heterocycles. The van der Waals surface area contributed by atoms with Gasteiger partial charge in [0.15, 0.2) is 0 Å². The minimum Gasteiger partial charge on any atom is -0.508 e. The lowest BCUT2D eigenvalue weighted by molar-refractivity contribution is 0.0217. The molecule has 0 radical (unpaired) electrons. The maximum atomic E-state index is 9.79. The van der Waals surface area contributed by atoms with Gasteiger partial charge in [-0.05, 0) is 25.0 Å². The number of phenolic OH excluding ortho intramolecular Hbond substituents is 2. The topological polar surface area (TPSA) is 88.6 Å². The van der Waals surface area contributed by atoms with Crippen LogP contribution in [0.4, 0.5) is 0 Å². The molecule has 0 aliphatic rings. The molecule has 0 aliphatic carbocycles. The van der Waals surface area contributed by atoms with E-state index in [0.717, 1.165) is 0 Å². The lowest BCUT2D eigenvalue weighted by Gasteiger charge is -2.16. The Morgan fingerprint density at radius 2 is 2.05 bits per heavy atom. The van der Waals surface area contributed by atoms with Crippen molar-refractivity contribution in [3.63, 3.8) is 0 Å². The van der Waals surface area contributed by atoms with E-state index in [0.29, 0.717) is 18.0 Å². The molecule has 0 spiro atoms. The third-order valence-electron chi connectivity index (χ3n) is 2.86. The summed E-state index contributed by atoms with van der Waals surface area (Å²) in [7, 11) is 0. The smallest absolute Gasteiger partial charge is 0.261 e. The van der Waals surface area contributed by atoms with Crippen molar-refractivity contribution in [2.45, 2.75) is 26.9 Å². The second-order valence-electron chi connectivity index (χ2n) is 4.78. The van der Waals surface area contributed by atoms with Crippen LogP contribution in [0.2, 0.25) is 0 Å². The average molecular weight is 278 g/mol. The summed E-state index contributed by atoms with van der Waals surface area (Å²) in [5, 5.41) is 23.0. The molecule has 0 saturated heterocycles. The second kappa shape index (κ2) is 5.92. The van der Waals surface area contributed by atoms with Crippen LogP contribution in [-0.2, 0) is 4.74 Å². The van der Waals surface area contributed by atoms with Crippen LogP contribution in [0.3, 0.4) is 0 Å². The first-order valence-electron chi connectivity index (χ1n) is 6.50. The van der Waals surface area contributed by atoms with Gasteiger partial charge in [0, 0.05) is 12.7 Å². The van der Waals surface area contributed by atoms with E-state index < -0.39 is 0 Å². The maximum absolute atomic E-state index is 9.79. The van der Waals surface area contributed by atoms with Crippen molar-refractivity contribution >= 4 is 0 Å². The summed E-state index contributed by atoms with van der Waals surface area (Å²) in [4.78, 5) is 4.27. The molecule has 1 atom stereocenters. The minimum absolute atomic E-state index is 0.0274. The second-order valence-corrected chi connectivity index (χ2v) is 4.78. The largest absolute Gasteiger partial charge is 0.508 e. The Morgan fingerprint density at radius 1 is 1.30 bits per heavy atom. The number of rotatable bonds is 5. The highest BCUT2D eigenvalue weighted by atomic mass is 16.5. The highest BCUT2D eigenvalue weighted by Gasteiger charge is 2.23. The standard InChI is InChI=1S/C14H18N2O4/c1-4-19-12(8(2)3)13-15-14(20-16-13)10-6-5-9(17)7-11(10)18/h5-8,12,17-18H,4H2,1-3H3. The van der Waals surface area contributed by atoms with Gasteiger partial charge in [0.2, 0.25) is 5.82 Å². The first kappa shape index (κ1) is 14.3. The van der Waals surface area contributed by atoms with Crippen molar-refractivity contribution < 1.29 is 19.5 Å². The van der Waals surface area contributed by atoms with E-state index in [-0.39, 0.29) is 29.4 Å². The van der Waals surface area contributed by atoms with Gasteiger partial charge in [-0.25, -0.2) is 0 Å². The molecular formula is C14H18N2O4. The van der Waals surface area contributed by atoms with Gasteiger partial charge >= 0.3 is 0 Å². The van der Waals surface area contributed by atoms with E-state index in [1.54, 1.807) is 0 Å². The molecule has 2 N–H and O–H groups in total. The zero-order chi connectivity index (χ0) is 14.7. The van der Waals surface area contributed by atoms with Gasteiger partial charge in [0.25, 0.3) is 5.89 Å². The third-order valence-corrected chi connectivity index (χ3v) is 2.86. The van der Waals surface area contributed by atoms with E-state index in [1.807, 2.05) is 20.8 Å². The first-order valence-corrected chi connectivity index (χ1v) is 6.50. The number of phenols is 2. The molecule has 0 amide bonds. The van der Waals surface area contributed by atoms with Crippen LogP contribution in [-0.4, -0.2) is 27.0 Å². The van der Waals surface area contributed by atoms with Crippen molar-refractivity contribution in [2.24, 2.45) is 5.92 Å². The van der Waals surface area contributed by atoms with Crippen molar-refractivity contribution in [1.29, 1.82) is 0 Å². The Labute approximate surface area is 117 Å². The molecule has 1 aromatic heterocycles. The van der Waals surface area contributed by atoms with Gasteiger partial charge in [0.05, 0.1) is 5.56 Å². The van der Waals surface area contributed by atoms with Crippen LogP contribution >= 0.6 is 0 Å². The number of hydrogen-bond donors (Lipinski definition) is 2. The minimum atomic E-state index is -0.253. The summed E-state index contributed by atoms with van der Waals surface area (Å²) in [5.41, 5.74) is 0.376. The van der Waals surface area contributed by atoms with Crippen LogP contribution in [0.25, 0.3) is 11.5 Å². The van der Waals surface area contributed by atoms with Crippen LogP contribution < -0.4 is 0 Å². The van der Waals surface area contributed by atoms with E-state index in [2.05, 4.69) is 10.1 Å². The van der Waals surface area contributed by atoms with E-state index in [1.165, 1.54) is 18.2 Å². The Kier molecular flexibility index (Phi) is 4.24. The third kappa shape index (κ3) is 2.91. The van der Waals surface area contributed by atoms with Crippen molar-refractivity contribution in [3.05, 3.63) is 24.0 Å². The molecule has 1 aromatic carbocycles. The number of aromatic nitrogens is 2. The molecule has 0 aliphatic heterocycles. The number of nitrogens with zero attached hydrogens (tertiary/aromatic N) is 2. The Bertz CT molecular complexity index is 580. The molecule has 6 heteroatoms. The molecule has 1 unspecified atom stereocenters. The Hall–Kier alpha value is -2.08. The Balaban J connectivity index is 2.32. The normalized spacial score (nSPS) is 12.8. The number of hydrogen-bond acceptors (Lipinski definition) is 6. The summed E-state index contributed by atoms with van der Waals surface area (Å²) in [5.74, 6) is 0.707. The van der Waals surface area contributed by atoms with E-state index >= 15 is 0 Å². The average Bonchev–Trinajstić information content (AvgIpc) is 2.84. The van der Waals surface area contributed by atoms with Gasteiger partial charge in [-0.3, -0.25) is 0 Å². The highest BCUT2D eigenvalue weighted by Crippen LogP contribution is 2.32. The SMILES string of the molecule is CCOC(c1noc(-c2ccc(O)cc2O)n1)C(C)C. The molecule has 2 rings (SSSR count). The first-order chi connectivity index (χ1) is 9.52. The van der Waals surface area contributed by atoms with E-state index in [9.17, 15) is 10.2 Å². The molecule has 0 fully saturated rings. The van der Waals surface area contributed by atoms with Gasteiger partial charge in [-0.15, -0.1) is 0 Å². The predicted octanol–water partition coefficient (Wildman–Crippen LogP) is 2.88. The number of benzene rings is 1. The molecule has 6 nitrogen and oxygen atoms in total. The molecule has 0 bridgehead atoms. The number of aromatic hydroxyl groups is 2. The summed E-state index contributed by atoms with van der Waals surface area (Å²) in [6.07, 6.45) is -0.253. The predicted molar refractivity (Wildman–Crippen MR) is 72.3 cm³/mol. The van der Waals surface area contributed by atoms with Crippen molar-refractivity contribution in [1.82, 2.24) is 10.1 Å². The molecule has 108 valence electrons. The molecule has 0 saturated carbocycles.